The molecular weight excluding hydrogens is 681 g/mol. The van der Waals surface area contributed by atoms with Crippen molar-refractivity contribution < 1.29 is 0 Å². The zero-order valence-electron chi connectivity index (χ0n) is 30.4. The number of para-hydroxylation sites is 2. The lowest BCUT2D eigenvalue weighted by atomic mass is 9.67. The van der Waals surface area contributed by atoms with Crippen LogP contribution in [0.4, 0.5) is 0 Å². The van der Waals surface area contributed by atoms with Crippen molar-refractivity contribution in [2.24, 2.45) is 0 Å². The maximum Gasteiger partial charge on any atom is 0.164 e. The van der Waals surface area contributed by atoms with Crippen molar-refractivity contribution in [3.8, 4) is 51.0 Å². The van der Waals surface area contributed by atoms with Gasteiger partial charge in [-0.2, -0.15) is 0 Å². The van der Waals surface area contributed by atoms with Gasteiger partial charge in [-0.1, -0.05) is 176 Å². The summed E-state index contributed by atoms with van der Waals surface area (Å²) in [7, 11) is 0. The van der Waals surface area contributed by atoms with Crippen molar-refractivity contribution in [3.05, 3.63) is 229 Å². The Labute approximate surface area is 325 Å². The molecule has 0 saturated heterocycles. The molecule has 262 valence electrons. The monoisotopic (exact) mass is 714 g/mol. The molecular formula is C52H34N4. The van der Waals surface area contributed by atoms with Gasteiger partial charge < -0.3 is 4.57 Å². The van der Waals surface area contributed by atoms with Gasteiger partial charge in [0.05, 0.1) is 16.4 Å². The van der Waals surface area contributed by atoms with Crippen LogP contribution in [0, 0.1) is 0 Å². The van der Waals surface area contributed by atoms with Crippen molar-refractivity contribution in [2.45, 2.75) is 5.41 Å². The summed E-state index contributed by atoms with van der Waals surface area (Å²) in [5, 5.41) is 2.47. The van der Waals surface area contributed by atoms with Gasteiger partial charge in [0.1, 0.15) is 0 Å². The van der Waals surface area contributed by atoms with Gasteiger partial charge in [0.25, 0.3) is 0 Å². The predicted molar refractivity (Wildman–Crippen MR) is 228 cm³/mol. The number of hydrogen-bond acceptors (Lipinski definition) is 3. The molecule has 0 amide bonds. The van der Waals surface area contributed by atoms with Gasteiger partial charge in [0, 0.05) is 33.2 Å². The fourth-order valence-electron chi connectivity index (χ4n) is 8.88. The minimum Gasteiger partial charge on any atom is -0.309 e. The average Bonchev–Trinajstić information content (AvgIpc) is 3.76. The van der Waals surface area contributed by atoms with Gasteiger partial charge in [-0.25, -0.2) is 15.0 Å². The normalized spacial score (nSPS) is 14.5. The standard InChI is InChI=1S/C52H34N4/c1-5-17-35(18-6-1)49-53-50(36-19-7-2-8-20-36)55-51(54-49)37-29-31-39(32-30-37)52(38-21-9-3-10-22-38)45-27-15-13-25-41(45)43-34-48-44(33-46(43)52)42-26-14-16-28-47(42)56(48)40-23-11-4-12-24-40/h1-34H. The van der Waals surface area contributed by atoms with Gasteiger partial charge in [0.15, 0.2) is 17.5 Å². The molecule has 11 rings (SSSR count). The van der Waals surface area contributed by atoms with E-state index in [4.69, 9.17) is 15.0 Å². The lowest BCUT2D eigenvalue weighted by molar-refractivity contribution is 0.769. The molecule has 0 spiro atoms. The number of rotatable bonds is 6. The Kier molecular flexibility index (Phi) is 7.36. The summed E-state index contributed by atoms with van der Waals surface area (Å²) >= 11 is 0. The molecule has 1 unspecified atom stereocenters. The first-order chi connectivity index (χ1) is 27.8. The Morgan fingerprint density at radius 3 is 1.48 bits per heavy atom. The molecule has 10 aromatic rings. The number of fused-ring (bicyclic) bond motifs is 6. The van der Waals surface area contributed by atoms with Crippen LogP contribution in [0.25, 0.3) is 72.8 Å². The van der Waals surface area contributed by atoms with Crippen LogP contribution in [-0.2, 0) is 5.41 Å². The second-order valence-electron chi connectivity index (χ2n) is 14.4. The Balaban J connectivity index is 1.15. The largest absolute Gasteiger partial charge is 0.309 e. The van der Waals surface area contributed by atoms with E-state index in [0.717, 1.165) is 22.4 Å². The average molecular weight is 715 g/mol. The topological polar surface area (TPSA) is 43.6 Å². The molecule has 0 bridgehead atoms. The third kappa shape index (κ3) is 4.89. The molecule has 0 radical (unpaired) electrons. The van der Waals surface area contributed by atoms with E-state index in [1.807, 2.05) is 60.7 Å². The van der Waals surface area contributed by atoms with Crippen LogP contribution in [0.15, 0.2) is 206 Å². The lowest BCUT2D eigenvalue weighted by Crippen LogP contribution is -2.28. The summed E-state index contributed by atoms with van der Waals surface area (Å²) in [4.78, 5) is 15.0. The summed E-state index contributed by atoms with van der Waals surface area (Å²) in [6.45, 7) is 0. The second kappa shape index (κ2) is 12.9. The lowest BCUT2D eigenvalue weighted by Gasteiger charge is -2.34. The van der Waals surface area contributed by atoms with E-state index in [1.54, 1.807) is 0 Å². The van der Waals surface area contributed by atoms with Gasteiger partial charge in [-0.05, 0) is 63.7 Å². The van der Waals surface area contributed by atoms with Crippen LogP contribution in [0.5, 0.6) is 0 Å². The first kappa shape index (κ1) is 32.0. The van der Waals surface area contributed by atoms with E-state index < -0.39 is 5.41 Å². The highest BCUT2D eigenvalue weighted by atomic mass is 15.0. The molecule has 1 aliphatic carbocycles. The summed E-state index contributed by atoms with van der Waals surface area (Å²) in [6, 6.07) is 73.5. The maximum atomic E-state index is 5.04. The SMILES string of the molecule is c1ccc(-c2nc(-c3ccccc3)nc(-c3ccc(C4(c5ccccc5)c5ccccc5-c5cc6c(cc54)c4ccccc4n6-c4ccccc4)cc3)n2)cc1. The van der Waals surface area contributed by atoms with Gasteiger partial charge >= 0.3 is 0 Å². The van der Waals surface area contributed by atoms with Crippen molar-refractivity contribution in [1.29, 1.82) is 0 Å². The molecule has 8 aromatic carbocycles. The molecule has 1 aliphatic rings. The number of nitrogens with zero attached hydrogens (tertiary/aromatic N) is 4. The molecule has 4 nitrogen and oxygen atoms in total. The van der Waals surface area contributed by atoms with E-state index in [1.165, 1.54) is 55.2 Å². The Morgan fingerprint density at radius 1 is 0.339 bits per heavy atom. The quantitative estimate of drug-likeness (QED) is 0.172. The van der Waals surface area contributed by atoms with E-state index in [-0.39, 0.29) is 0 Å². The zero-order valence-corrected chi connectivity index (χ0v) is 30.4. The number of hydrogen-bond donors (Lipinski definition) is 0. The summed E-state index contributed by atoms with van der Waals surface area (Å²) in [5.74, 6) is 1.94. The van der Waals surface area contributed by atoms with E-state index in [2.05, 4.69) is 150 Å². The van der Waals surface area contributed by atoms with Crippen LogP contribution >= 0.6 is 0 Å². The predicted octanol–water partition coefficient (Wildman–Crippen LogP) is 12.3. The smallest absolute Gasteiger partial charge is 0.164 e. The van der Waals surface area contributed by atoms with Crippen LogP contribution in [0.1, 0.15) is 22.3 Å². The highest BCUT2D eigenvalue weighted by molar-refractivity contribution is 6.11. The zero-order chi connectivity index (χ0) is 37.1. The molecule has 0 fully saturated rings. The van der Waals surface area contributed by atoms with Crippen molar-refractivity contribution in [2.75, 3.05) is 0 Å². The maximum absolute atomic E-state index is 5.04. The Morgan fingerprint density at radius 2 is 0.839 bits per heavy atom. The Hall–Kier alpha value is -7.43. The van der Waals surface area contributed by atoms with Crippen LogP contribution < -0.4 is 0 Å². The fraction of sp³-hybridized carbons (Fsp3) is 0.0192. The number of aromatic nitrogens is 4. The van der Waals surface area contributed by atoms with Crippen LogP contribution in [0.2, 0.25) is 0 Å². The third-order valence-corrected chi connectivity index (χ3v) is 11.3. The summed E-state index contributed by atoms with van der Waals surface area (Å²) < 4.78 is 2.41. The highest BCUT2D eigenvalue weighted by Gasteiger charge is 2.46. The van der Waals surface area contributed by atoms with Crippen LogP contribution in [0.3, 0.4) is 0 Å². The minimum atomic E-state index is -0.570. The van der Waals surface area contributed by atoms with Gasteiger partial charge in [-0.15, -0.1) is 0 Å². The molecule has 0 aliphatic heterocycles. The molecule has 2 aromatic heterocycles. The third-order valence-electron chi connectivity index (χ3n) is 11.3. The van der Waals surface area contributed by atoms with Crippen molar-refractivity contribution >= 4 is 21.8 Å². The summed E-state index contributed by atoms with van der Waals surface area (Å²) in [5.41, 5.74) is 13.3. The minimum absolute atomic E-state index is 0.570. The van der Waals surface area contributed by atoms with Gasteiger partial charge in [0.2, 0.25) is 0 Å². The van der Waals surface area contributed by atoms with Crippen molar-refractivity contribution in [3.63, 3.8) is 0 Å². The first-order valence-corrected chi connectivity index (χ1v) is 19.0. The second-order valence-corrected chi connectivity index (χ2v) is 14.4. The first-order valence-electron chi connectivity index (χ1n) is 19.0. The van der Waals surface area contributed by atoms with E-state index in [9.17, 15) is 0 Å². The fourth-order valence-corrected chi connectivity index (χ4v) is 8.88. The molecule has 0 saturated carbocycles. The van der Waals surface area contributed by atoms with Crippen molar-refractivity contribution in [1.82, 2.24) is 19.5 Å². The molecule has 56 heavy (non-hydrogen) atoms. The van der Waals surface area contributed by atoms with E-state index >= 15 is 0 Å². The van der Waals surface area contributed by atoms with Crippen LogP contribution in [-0.4, -0.2) is 19.5 Å². The van der Waals surface area contributed by atoms with E-state index in [0.29, 0.717) is 17.5 Å². The highest BCUT2D eigenvalue weighted by Crippen LogP contribution is 2.57. The molecule has 2 heterocycles. The molecule has 4 heteroatoms. The summed E-state index contributed by atoms with van der Waals surface area (Å²) in [6.07, 6.45) is 0. The molecule has 1 atom stereocenters. The Bertz CT molecular complexity index is 2990. The molecule has 0 N–H and O–H groups in total. The number of benzene rings is 8. The van der Waals surface area contributed by atoms with Gasteiger partial charge in [-0.3, -0.25) is 0 Å².